The molecule has 2 rings (SSSR count). The van der Waals surface area contributed by atoms with Gasteiger partial charge in [-0.25, -0.2) is 4.98 Å². The molecule has 1 heterocycles. The summed E-state index contributed by atoms with van der Waals surface area (Å²) < 4.78 is 0. The minimum Gasteiger partial charge on any atom is -0.375 e. The van der Waals surface area contributed by atoms with Gasteiger partial charge in [0.1, 0.15) is 0 Å². The van der Waals surface area contributed by atoms with Crippen LogP contribution in [0.15, 0.2) is 0 Å². The predicted octanol–water partition coefficient (Wildman–Crippen LogP) is 4.29. The molecular formula is C13H26N2S. The zero-order valence-corrected chi connectivity index (χ0v) is 12.4. The SMILES string of the molecule is CC.CC.CC1(C)CCc2sc(N)nc2C1. The van der Waals surface area contributed by atoms with E-state index in [9.17, 15) is 0 Å². The maximum absolute atomic E-state index is 5.65. The fourth-order valence-electron chi connectivity index (χ4n) is 1.73. The Morgan fingerprint density at radius 3 is 2.31 bits per heavy atom. The highest BCUT2D eigenvalue weighted by molar-refractivity contribution is 7.15. The molecule has 0 aliphatic heterocycles. The molecule has 0 atom stereocenters. The van der Waals surface area contributed by atoms with E-state index < -0.39 is 0 Å². The standard InChI is InChI=1S/C9H14N2S.2C2H6/c1-9(2)4-3-7-6(5-9)11-8(10)12-7;2*1-2/h3-5H2,1-2H3,(H2,10,11);2*1-2H3. The second kappa shape index (κ2) is 6.89. The minimum absolute atomic E-state index is 0.424. The fraction of sp³-hybridized carbons (Fsp3) is 0.769. The van der Waals surface area contributed by atoms with E-state index in [0.29, 0.717) is 5.41 Å². The lowest BCUT2D eigenvalue weighted by Crippen LogP contribution is -2.21. The van der Waals surface area contributed by atoms with Crippen molar-refractivity contribution in [3.63, 3.8) is 0 Å². The highest BCUT2D eigenvalue weighted by atomic mass is 32.1. The number of aryl methyl sites for hydroxylation is 1. The van der Waals surface area contributed by atoms with Crippen LogP contribution in [-0.4, -0.2) is 4.98 Å². The average Bonchev–Trinajstić information content (AvgIpc) is 2.62. The summed E-state index contributed by atoms with van der Waals surface area (Å²) in [6.07, 6.45) is 3.52. The second-order valence-corrected chi connectivity index (χ2v) is 5.38. The predicted molar refractivity (Wildman–Crippen MR) is 75.0 cm³/mol. The van der Waals surface area contributed by atoms with E-state index in [1.807, 2.05) is 27.7 Å². The highest BCUT2D eigenvalue weighted by Gasteiger charge is 2.27. The number of hydrogen-bond acceptors (Lipinski definition) is 3. The molecule has 1 aliphatic carbocycles. The number of nitrogens with two attached hydrogens (primary N) is 1. The quantitative estimate of drug-likeness (QED) is 0.737. The van der Waals surface area contributed by atoms with E-state index in [1.165, 1.54) is 17.0 Å². The summed E-state index contributed by atoms with van der Waals surface area (Å²) in [7, 11) is 0. The lowest BCUT2D eigenvalue weighted by molar-refractivity contribution is 0.314. The van der Waals surface area contributed by atoms with Gasteiger partial charge in [0.15, 0.2) is 5.13 Å². The monoisotopic (exact) mass is 242 g/mol. The maximum atomic E-state index is 5.65. The second-order valence-electron chi connectivity index (χ2n) is 4.26. The summed E-state index contributed by atoms with van der Waals surface area (Å²) in [5, 5.41) is 0.734. The van der Waals surface area contributed by atoms with Gasteiger partial charge in [-0.1, -0.05) is 41.5 Å². The van der Waals surface area contributed by atoms with Crippen molar-refractivity contribution in [2.45, 2.75) is 60.8 Å². The molecule has 0 fully saturated rings. The van der Waals surface area contributed by atoms with Gasteiger partial charge in [0.25, 0.3) is 0 Å². The number of rotatable bonds is 0. The van der Waals surface area contributed by atoms with Gasteiger partial charge in [-0.15, -0.1) is 11.3 Å². The molecule has 94 valence electrons. The molecule has 0 unspecified atom stereocenters. The lowest BCUT2D eigenvalue weighted by atomic mass is 9.79. The van der Waals surface area contributed by atoms with Crippen LogP contribution >= 0.6 is 11.3 Å². The van der Waals surface area contributed by atoms with E-state index >= 15 is 0 Å². The summed E-state index contributed by atoms with van der Waals surface area (Å²) >= 11 is 1.66. The molecule has 0 saturated carbocycles. The molecular weight excluding hydrogens is 216 g/mol. The largest absolute Gasteiger partial charge is 0.375 e. The van der Waals surface area contributed by atoms with Crippen molar-refractivity contribution in [3.05, 3.63) is 10.6 Å². The van der Waals surface area contributed by atoms with Gasteiger partial charge >= 0.3 is 0 Å². The summed E-state index contributed by atoms with van der Waals surface area (Å²) in [5.41, 5.74) is 7.32. The van der Waals surface area contributed by atoms with Crippen LogP contribution in [0, 0.1) is 5.41 Å². The van der Waals surface area contributed by atoms with Crippen molar-refractivity contribution in [1.29, 1.82) is 0 Å². The molecule has 0 bridgehead atoms. The smallest absolute Gasteiger partial charge is 0.180 e. The van der Waals surface area contributed by atoms with Crippen molar-refractivity contribution in [3.8, 4) is 0 Å². The van der Waals surface area contributed by atoms with Gasteiger partial charge in [0, 0.05) is 4.88 Å². The van der Waals surface area contributed by atoms with Crippen LogP contribution in [0.5, 0.6) is 0 Å². The Hall–Kier alpha value is -0.570. The zero-order chi connectivity index (χ0) is 12.8. The first-order chi connectivity index (χ1) is 7.57. The number of nitrogens with zero attached hydrogens (tertiary/aromatic N) is 1. The molecule has 1 aromatic heterocycles. The molecule has 0 radical (unpaired) electrons. The lowest BCUT2D eigenvalue weighted by Gasteiger charge is -2.27. The summed E-state index contributed by atoms with van der Waals surface area (Å²) in [6.45, 7) is 12.6. The van der Waals surface area contributed by atoms with Crippen molar-refractivity contribution >= 4 is 16.5 Å². The van der Waals surface area contributed by atoms with Crippen molar-refractivity contribution in [1.82, 2.24) is 4.98 Å². The summed E-state index contributed by atoms with van der Waals surface area (Å²) in [6, 6.07) is 0. The Morgan fingerprint density at radius 1 is 1.19 bits per heavy atom. The number of nitrogen functional groups attached to an aromatic ring is 1. The third-order valence-electron chi connectivity index (χ3n) is 2.47. The maximum Gasteiger partial charge on any atom is 0.180 e. The molecule has 0 amide bonds. The number of anilines is 1. The van der Waals surface area contributed by atoms with Crippen molar-refractivity contribution in [2.24, 2.45) is 5.41 Å². The molecule has 0 saturated heterocycles. The number of fused-ring (bicyclic) bond motifs is 1. The Labute approximate surface area is 104 Å². The van der Waals surface area contributed by atoms with Crippen molar-refractivity contribution in [2.75, 3.05) is 5.73 Å². The van der Waals surface area contributed by atoms with E-state index in [1.54, 1.807) is 11.3 Å². The summed E-state index contributed by atoms with van der Waals surface area (Å²) in [4.78, 5) is 5.75. The molecule has 1 aliphatic rings. The average molecular weight is 242 g/mol. The van der Waals surface area contributed by atoms with Gasteiger partial charge in [-0.2, -0.15) is 0 Å². The third kappa shape index (κ3) is 4.12. The van der Waals surface area contributed by atoms with E-state index in [0.717, 1.165) is 18.0 Å². The van der Waals surface area contributed by atoms with Crippen LogP contribution in [0.25, 0.3) is 0 Å². The number of hydrogen-bond donors (Lipinski definition) is 1. The van der Waals surface area contributed by atoms with E-state index in [2.05, 4.69) is 18.8 Å². The minimum atomic E-state index is 0.424. The number of thiazole rings is 1. The molecule has 0 spiro atoms. The normalized spacial score (nSPS) is 16.1. The van der Waals surface area contributed by atoms with Crippen LogP contribution in [0.1, 0.15) is 58.5 Å². The van der Waals surface area contributed by atoms with E-state index in [4.69, 9.17) is 5.73 Å². The first kappa shape index (κ1) is 15.4. The molecule has 16 heavy (non-hydrogen) atoms. The van der Waals surface area contributed by atoms with Crippen molar-refractivity contribution < 1.29 is 0 Å². The van der Waals surface area contributed by atoms with Gasteiger partial charge in [-0.05, 0) is 24.7 Å². The summed E-state index contributed by atoms with van der Waals surface area (Å²) in [5.74, 6) is 0. The Kier molecular flexibility index (Phi) is 6.65. The van der Waals surface area contributed by atoms with Gasteiger partial charge in [0.05, 0.1) is 5.69 Å². The number of aromatic nitrogens is 1. The van der Waals surface area contributed by atoms with Crippen LogP contribution < -0.4 is 5.73 Å². The molecule has 3 heteroatoms. The first-order valence-electron chi connectivity index (χ1n) is 6.31. The highest BCUT2D eigenvalue weighted by Crippen LogP contribution is 2.37. The van der Waals surface area contributed by atoms with Gasteiger partial charge < -0.3 is 5.73 Å². The van der Waals surface area contributed by atoms with Crippen LogP contribution in [0.3, 0.4) is 0 Å². The van der Waals surface area contributed by atoms with Crippen LogP contribution in [-0.2, 0) is 12.8 Å². The van der Waals surface area contributed by atoms with Crippen LogP contribution in [0.2, 0.25) is 0 Å². The van der Waals surface area contributed by atoms with Crippen LogP contribution in [0.4, 0.5) is 5.13 Å². The third-order valence-corrected chi connectivity index (χ3v) is 3.46. The Balaban J connectivity index is 0.000000509. The molecule has 0 aromatic carbocycles. The Bertz CT molecular complexity index is 303. The van der Waals surface area contributed by atoms with E-state index in [-0.39, 0.29) is 0 Å². The molecule has 2 nitrogen and oxygen atoms in total. The zero-order valence-electron chi connectivity index (χ0n) is 11.6. The first-order valence-corrected chi connectivity index (χ1v) is 7.12. The topological polar surface area (TPSA) is 38.9 Å². The van der Waals surface area contributed by atoms with Gasteiger partial charge in [-0.3, -0.25) is 0 Å². The van der Waals surface area contributed by atoms with Gasteiger partial charge in [0.2, 0.25) is 0 Å². The molecule has 1 aromatic rings. The Morgan fingerprint density at radius 2 is 1.75 bits per heavy atom. The fourth-order valence-corrected chi connectivity index (χ4v) is 2.58. The molecule has 2 N–H and O–H groups in total.